The van der Waals surface area contributed by atoms with Crippen LogP contribution in [-0.2, 0) is 0 Å². The van der Waals surface area contributed by atoms with E-state index in [0.717, 1.165) is 11.3 Å². The predicted molar refractivity (Wildman–Crippen MR) is 87.3 cm³/mol. The summed E-state index contributed by atoms with van der Waals surface area (Å²) in [7, 11) is 3.98. The van der Waals surface area contributed by atoms with Gasteiger partial charge in [0.25, 0.3) is 5.88 Å². The highest BCUT2D eigenvalue weighted by atomic mass is 16.4. The summed E-state index contributed by atoms with van der Waals surface area (Å²) in [6.45, 7) is 3.90. The average Bonchev–Trinajstić information content (AvgIpc) is 2.91. The Morgan fingerprint density at radius 3 is 2.55 bits per heavy atom. The highest BCUT2D eigenvalue weighted by Gasteiger charge is 2.14. The van der Waals surface area contributed by atoms with Crippen molar-refractivity contribution in [2.75, 3.05) is 24.4 Å². The van der Waals surface area contributed by atoms with Crippen LogP contribution in [0.15, 0.2) is 33.8 Å². The molecule has 0 spiro atoms. The zero-order chi connectivity index (χ0) is 16.1. The summed E-state index contributed by atoms with van der Waals surface area (Å²) in [4.78, 5) is 6.14. The number of nitrogens with one attached hydrogen (secondary N) is 1. The minimum absolute atomic E-state index is 0.116. The number of nitrogens with zero attached hydrogens (tertiary/aromatic N) is 4. The molecule has 114 valence electrons. The highest BCUT2D eigenvalue weighted by molar-refractivity contribution is 5.80. The number of hydrazone groups is 1. The number of anilines is 2. The summed E-state index contributed by atoms with van der Waals surface area (Å²) >= 11 is 0. The van der Waals surface area contributed by atoms with Gasteiger partial charge in [0.1, 0.15) is 6.07 Å². The molecule has 0 aliphatic rings. The fourth-order valence-corrected chi connectivity index (χ4v) is 1.76. The van der Waals surface area contributed by atoms with Crippen LogP contribution in [0.3, 0.4) is 0 Å². The van der Waals surface area contributed by atoms with Crippen molar-refractivity contribution in [2.24, 2.45) is 5.10 Å². The van der Waals surface area contributed by atoms with Crippen molar-refractivity contribution in [3.63, 3.8) is 0 Å². The van der Waals surface area contributed by atoms with E-state index >= 15 is 0 Å². The van der Waals surface area contributed by atoms with Crippen molar-refractivity contribution < 1.29 is 4.42 Å². The third-order valence-electron chi connectivity index (χ3n) is 3.03. The summed E-state index contributed by atoms with van der Waals surface area (Å²) in [5.41, 5.74) is 5.01. The zero-order valence-corrected chi connectivity index (χ0v) is 13.2. The van der Waals surface area contributed by atoms with Gasteiger partial charge in [-0.2, -0.15) is 10.4 Å². The van der Waals surface area contributed by atoms with E-state index in [1.165, 1.54) is 0 Å². The minimum Gasteiger partial charge on any atom is -0.422 e. The van der Waals surface area contributed by atoms with Gasteiger partial charge < -0.3 is 9.32 Å². The molecular weight excluding hydrogens is 278 g/mol. The standard InChI is InChI=1S/C16H19N5O/c1-11(2)15-19-14(9-17)16(22-15)20-18-10-12-5-7-13(8-6-12)21(3)4/h5-8,10-11,20H,1-4H3. The number of nitriles is 1. The predicted octanol–water partition coefficient (Wildman–Crippen LogP) is 3.18. The average molecular weight is 297 g/mol. The Labute approximate surface area is 130 Å². The van der Waals surface area contributed by atoms with Crippen LogP contribution < -0.4 is 10.3 Å². The lowest BCUT2D eigenvalue weighted by atomic mass is 10.2. The number of oxazole rings is 1. The second kappa shape index (κ2) is 6.76. The maximum Gasteiger partial charge on any atom is 0.252 e. The Kier molecular flexibility index (Phi) is 4.79. The van der Waals surface area contributed by atoms with E-state index in [4.69, 9.17) is 9.68 Å². The summed E-state index contributed by atoms with van der Waals surface area (Å²) in [5.74, 6) is 0.905. The van der Waals surface area contributed by atoms with Crippen LogP contribution in [0, 0.1) is 11.3 Å². The molecule has 0 fully saturated rings. The lowest BCUT2D eigenvalue weighted by molar-refractivity contribution is 0.481. The van der Waals surface area contributed by atoms with Crippen molar-refractivity contribution >= 4 is 17.8 Å². The van der Waals surface area contributed by atoms with E-state index in [9.17, 15) is 0 Å². The number of aromatic nitrogens is 1. The van der Waals surface area contributed by atoms with Crippen LogP contribution in [-0.4, -0.2) is 25.3 Å². The van der Waals surface area contributed by atoms with Crippen LogP contribution >= 0.6 is 0 Å². The molecule has 2 rings (SSSR count). The fraction of sp³-hybridized carbons (Fsp3) is 0.312. The van der Waals surface area contributed by atoms with Gasteiger partial charge in [-0.05, 0) is 17.7 Å². The Bertz CT molecular complexity index is 692. The molecule has 1 heterocycles. The van der Waals surface area contributed by atoms with Crippen LogP contribution in [0.2, 0.25) is 0 Å². The van der Waals surface area contributed by atoms with Gasteiger partial charge in [0, 0.05) is 25.7 Å². The third-order valence-corrected chi connectivity index (χ3v) is 3.03. The molecule has 0 radical (unpaired) electrons. The Morgan fingerprint density at radius 2 is 2.00 bits per heavy atom. The molecule has 0 aliphatic carbocycles. The van der Waals surface area contributed by atoms with Crippen molar-refractivity contribution in [3.05, 3.63) is 41.4 Å². The van der Waals surface area contributed by atoms with Crippen molar-refractivity contribution in [2.45, 2.75) is 19.8 Å². The first-order valence-corrected chi connectivity index (χ1v) is 6.98. The zero-order valence-electron chi connectivity index (χ0n) is 13.2. The van der Waals surface area contributed by atoms with Crippen LogP contribution in [0.5, 0.6) is 0 Å². The van der Waals surface area contributed by atoms with Gasteiger partial charge in [0.05, 0.1) is 6.21 Å². The van der Waals surface area contributed by atoms with Gasteiger partial charge in [-0.3, -0.25) is 0 Å². The van der Waals surface area contributed by atoms with Gasteiger partial charge in [-0.15, -0.1) is 0 Å². The molecule has 0 saturated carbocycles. The van der Waals surface area contributed by atoms with Crippen LogP contribution in [0.1, 0.15) is 36.9 Å². The van der Waals surface area contributed by atoms with Gasteiger partial charge in [-0.1, -0.05) is 26.0 Å². The number of hydrogen-bond donors (Lipinski definition) is 1. The normalized spacial score (nSPS) is 10.9. The smallest absolute Gasteiger partial charge is 0.252 e. The van der Waals surface area contributed by atoms with E-state index in [1.807, 2.05) is 63.2 Å². The Balaban J connectivity index is 2.07. The Hall–Kier alpha value is -2.81. The van der Waals surface area contributed by atoms with Crippen molar-refractivity contribution in [1.82, 2.24) is 4.98 Å². The van der Waals surface area contributed by atoms with Gasteiger partial charge >= 0.3 is 0 Å². The molecular formula is C16H19N5O. The first-order chi connectivity index (χ1) is 10.5. The topological polar surface area (TPSA) is 77.5 Å². The minimum atomic E-state index is 0.116. The molecule has 6 heteroatoms. The number of rotatable bonds is 5. The number of benzene rings is 1. The highest BCUT2D eigenvalue weighted by Crippen LogP contribution is 2.22. The Morgan fingerprint density at radius 1 is 1.32 bits per heavy atom. The van der Waals surface area contributed by atoms with Crippen molar-refractivity contribution in [3.8, 4) is 6.07 Å². The summed E-state index contributed by atoms with van der Waals surface area (Å²) in [6.07, 6.45) is 1.66. The van der Waals surface area contributed by atoms with Gasteiger partial charge in [0.2, 0.25) is 11.6 Å². The first-order valence-electron chi connectivity index (χ1n) is 6.98. The van der Waals surface area contributed by atoms with Crippen LogP contribution in [0.25, 0.3) is 0 Å². The van der Waals surface area contributed by atoms with E-state index in [0.29, 0.717) is 5.89 Å². The molecule has 0 saturated heterocycles. The maximum absolute atomic E-state index is 9.04. The monoisotopic (exact) mass is 297 g/mol. The molecule has 1 aromatic carbocycles. The lowest BCUT2D eigenvalue weighted by Crippen LogP contribution is -2.08. The largest absolute Gasteiger partial charge is 0.422 e. The molecule has 0 amide bonds. The quantitative estimate of drug-likeness (QED) is 0.677. The van der Waals surface area contributed by atoms with E-state index in [1.54, 1.807) is 6.21 Å². The van der Waals surface area contributed by atoms with E-state index < -0.39 is 0 Å². The van der Waals surface area contributed by atoms with Gasteiger partial charge in [-0.25, -0.2) is 10.4 Å². The van der Waals surface area contributed by atoms with E-state index in [-0.39, 0.29) is 17.5 Å². The molecule has 0 aliphatic heterocycles. The lowest BCUT2D eigenvalue weighted by Gasteiger charge is -2.11. The second-order valence-corrected chi connectivity index (χ2v) is 5.35. The molecule has 0 unspecified atom stereocenters. The molecule has 0 bridgehead atoms. The molecule has 2 aromatic rings. The molecule has 6 nitrogen and oxygen atoms in total. The third kappa shape index (κ3) is 3.64. The summed E-state index contributed by atoms with van der Waals surface area (Å²) in [5, 5.41) is 13.1. The second-order valence-electron chi connectivity index (χ2n) is 5.35. The molecule has 22 heavy (non-hydrogen) atoms. The summed E-state index contributed by atoms with van der Waals surface area (Å²) < 4.78 is 5.49. The SMILES string of the molecule is CC(C)c1nc(C#N)c(NN=Cc2ccc(N(C)C)cc2)o1. The molecule has 1 aromatic heterocycles. The molecule has 0 atom stereocenters. The number of hydrogen-bond acceptors (Lipinski definition) is 6. The first kappa shape index (κ1) is 15.6. The van der Waals surface area contributed by atoms with Crippen LogP contribution in [0.4, 0.5) is 11.6 Å². The maximum atomic E-state index is 9.04. The van der Waals surface area contributed by atoms with E-state index in [2.05, 4.69) is 15.5 Å². The van der Waals surface area contributed by atoms with Gasteiger partial charge in [0.15, 0.2) is 0 Å². The fourth-order valence-electron chi connectivity index (χ4n) is 1.76. The van der Waals surface area contributed by atoms with Crippen molar-refractivity contribution in [1.29, 1.82) is 5.26 Å². The molecule has 1 N–H and O–H groups in total. The summed E-state index contributed by atoms with van der Waals surface area (Å²) in [6, 6.07) is 9.94.